The van der Waals surface area contributed by atoms with E-state index in [4.69, 9.17) is 5.11 Å². The molecule has 0 radical (unpaired) electrons. The first kappa shape index (κ1) is 23.6. The molecule has 144 valence electrons. The summed E-state index contributed by atoms with van der Waals surface area (Å²) in [6, 6.07) is 0. The van der Waals surface area contributed by atoms with E-state index in [2.05, 4.69) is 48.7 Å². The molecule has 0 saturated heterocycles. The van der Waals surface area contributed by atoms with Gasteiger partial charge in [0.1, 0.15) is 0 Å². The molecule has 0 rings (SSSR count). The van der Waals surface area contributed by atoms with E-state index in [9.17, 15) is 4.79 Å². The van der Waals surface area contributed by atoms with Gasteiger partial charge in [0, 0.05) is 6.42 Å². The highest BCUT2D eigenvalue weighted by atomic mass is 16.4. The standard InChI is InChI=1S/C22H39NO2/c1-2-3-4-5-6-7-8-9-10-11-12-13-14-15-16-17-20-23-21-18-19-22(24)25/h3-4,6-7,9-10,23H,2,5,8,11-21H2,1H3,(H,24,25)/b4-3-,7-6-,10-9-. The van der Waals surface area contributed by atoms with E-state index in [1.54, 1.807) is 0 Å². The first-order valence-electron chi connectivity index (χ1n) is 10.1. The molecular formula is C22H39NO2. The number of hydrogen-bond donors (Lipinski definition) is 2. The minimum absolute atomic E-state index is 0.272. The Kier molecular flexibility index (Phi) is 19.6. The lowest BCUT2D eigenvalue weighted by Gasteiger charge is -2.03. The summed E-state index contributed by atoms with van der Waals surface area (Å²) in [7, 11) is 0. The van der Waals surface area contributed by atoms with Crippen LogP contribution in [0.1, 0.15) is 84.0 Å². The lowest BCUT2D eigenvalue weighted by molar-refractivity contribution is -0.137. The third-order valence-corrected chi connectivity index (χ3v) is 4.00. The molecule has 0 aromatic rings. The van der Waals surface area contributed by atoms with Crippen LogP contribution in [-0.2, 0) is 4.79 Å². The van der Waals surface area contributed by atoms with Crippen LogP contribution in [0.2, 0.25) is 0 Å². The number of rotatable bonds is 18. The third kappa shape index (κ3) is 22.6. The topological polar surface area (TPSA) is 49.3 Å². The maximum Gasteiger partial charge on any atom is 0.303 e. The van der Waals surface area contributed by atoms with Gasteiger partial charge in [0.2, 0.25) is 0 Å². The summed E-state index contributed by atoms with van der Waals surface area (Å²) in [5.41, 5.74) is 0. The normalized spacial score (nSPS) is 12.0. The van der Waals surface area contributed by atoms with E-state index in [-0.39, 0.29) is 6.42 Å². The van der Waals surface area contributed by atoms with Crippen molar-refractivity contribution in [2.45, 2.75) is 84.0 Å². The highest BCUT2D eigenvalue weighted by molar-refractivity contribution is 5.66. The predicted molar refractivity (Wildman–Crippen MR) is 109 cm³/mol. The second-order valence-corrected chi connectivity index (χ2v) is 6.45. The molecule has 0 fully saturated rings. The number of carboxylic acids is 1. The van der Waals surface area contributed by atoms with Gasteiger partial charge in [0.25, 0.3) is 0 Å². The van der Waals surface area contributed by atoms with Gasteiger partial charge in [-0.25, -0.2) is 0 Å². The molecule has 2 N–H and O–H groups in total. The molecule has 0 unspecified atom stereocenters. The van der Waals surface area contributed by atoms with Gasteiger partial charge in [-0.3, -0.25) is 4.79 Å². The van der Waals surface area contributed by atoms with Gasteiger partial charge < -0.3 is 10.4 Å². The Bertz CT molecular complexity index is 372. The number of carboxylic acid groups (broad SMARTS) is 1. The van der Waals surface area contributed by atoms with Crippen molar-refractivity contribution in [2.24, 2.45) is 0 Å². The minimum atomic E-state index is -0.701. The van der Waals surface area contributed by atoms with E-state index < -0.39 is 5.97 Å². The number of carbonyl (C=O) groups is 1. The van der Waals surface area contributed by atoms with Crippen LogP contribution in [0.3, 0.4) is 0 Å². The maximum atomic E-state index is 10.4. The summed E-state index contributed by atoms with van der Waals surface area (Å²) in [6.45, 7) is 4.00. The van der Waals surface area contributed by atoms with Gasteiger partial charge in [-0.1, -0.05) is 69.1 Å². The molecule has 0 saturated carbocycles. The number of allylic oxidation sites excluding steroid dienone is 6. The van der Waals surface area contributed by atoms with Gasteiger partial charge in [0.15, 0.2) is 0 Å². The van der Waals surface area contributed by atoms with Gasteiger partial charge in [-0.05, 0) is 58.0 Å². The van der Waals surface area contributed by atoms with Crippen LogP contribution in [-0.4, -0.2) is 24.2 Å². The molecular weight excluding hydrogens is 310 g/mol. The summed E-state index contributed by atoms with van der Waals surface area (Å²) in [5, 5.41) is 11.8. The monoisotopic (exact) mass is 349 g/mol. The van der Waals surface area contributed by atoms with Crippen LogP contribution in [0.25, 0.3) is 0 Å². The number of unbranched alkanes of at least 4 members (excludes halogenated alkanes) is 6. The van der Waals surface area contributed by atoms with Gasteiger partial charge in [0.05, 0.1) is 0 Å². The van der Waals surface area contributed by atoms with E-state index in [0.29, 0.717) is 0 Å². The average Bonchev–Trinajstić information content (AvgIpc) is 2.60. The summed E-state index contributed by atoms with van der Waals surface area (Å²) >= 11 is 0. The zero-order chi connectivity index (χ0) is 18.4. The number of aliphatic carboxylic acids is 1. The molecule has 0 atom stereocenters. The molecule has 0 heterocycles. The Morgan fingerprint density at radius 3 is 2.00 bits per heavy atom. The van der Waals surface area contributed by atoms with E-state index >= 15 is 0 Å². The maximum absolute atomic E-state index is 10.4. The van der Waals surface area contributed by atoms with Crippen molar-refractivity contribution in [3.8, 4) is 0 Å². The molecule has 0 bridgehead atoms. The molecule has 0 spiro atoms. The van der Waals surface area contributed by atoms with Crippen molar-refractivity contribution in [3.63, 3.8) is 0 Å². The Morgan fingerprint density at radius 2 is 1.32 bits per heavy atom. The van der Waals surface area contributed by atoms with Crippen molar-refractivity contribution in [1.82, 2.24) is 5.32 Å². The number of hydrogen-bond acceptors (Lipinski definition) is 2. The summed E-state index contributed by atoms with van der Waals surface area (Å²) in [6.07, 6.45) is 26.7. The largest absolute Gasteiger partial charge is 0.481 e. The van der Waals surface area contributed by atoms with Crippen LogP contribution in [0, 0.1) is 0 Å². The van der Waals surface area contributed by atoms with Crippen LogP contribution in [0.15, 0.2) is 36.5 Å². The zero-order valence-corrected chi connectivity index (χ0v) is 16.2. The Balaban J connectivity index is 3.17. The van der Waals surface area contributed by atoms with Gasteiger partial charge >= 0.3 is 5.97 Å². The SMILES string of the molecule is CC/C=C\C/C=C\C/C=C\CCCCCCCCNCCCC(=O)O. The molecule has 0 amide bonds. The summed E-state index contributed by atoms with van der Waals surface area (Å²) < 4.78 is 0. The van der Waals surface area contributed by atoms with Crippen molar-refractivity contribution in [3.05, 3.63) is 36.5 Å². The van der Waals surface area contributed by atoms with Crippen molar-refractivity contribution < 1.29 is 9.90 Å². The molecule has 0 aliphatic carbocycles. The molecule has 0 aliphatic heterocycles. The number of nitrogens with one attached hydrogen (secondary N) is 1. The molecule has 25 heavy (non-hydrogen) atoms. The predicted octanol–water partition coefficient (Wildman–Crippen LogP) is 6.03. The molecule has 3 heteroatoms. The summed E-state index contributed by atoms with van der Waals surface area (Å²) in [4.78, 5) is 10.4. The van der Waals surface area contributed by atoms with Crippen LogP contribution < -0.4 is 5.32 Å². The quantitative estimate of drug-likeness (QED) is 0.235. The van der Waals surface area contributed by atoms with Crippen LogP contribution >= 0.6 is 0 Å². The fraction of sp³-hybridized carbons (Fsp3) is 0.682. The molecule has 0 aliphatic rings. The molecule has 3 nitrogen and oxygen atoms in total. The van der Waals surface area contributed by atoms with Gasteiger partial charge in [-0.15, -0.1) is 0 Å². The van der Waals surface area contributed by atoms with Crippen molar-refractivity contribution in [1.29, 1.82) is 0 Å². The minimum Gasteiger partial charge on any atom is -0.481 e. The van der Waals surface area contributed by atoms with Gasteiger partial charge in [-0.2, -0.15) is 0 Å². The Hall–Kier alpha value is -1.35. The van der Waals surface area contributed by atoms with Crippen molar-refractivity contribution >= 4 is 5.97 Å². The zero-order valence-electron chi connectivity index (χ0n) is 16.2. The lowest BCUT2D eigenvalue weighted by atomic mass is 10.1. The smallest absolute Gasteiger partial charge is 0.303 e. The Morgan fingerprint density at radius 1 is 0.760 bits per heavy atom. The van der Waals surface area contributed by atoms with E-state index in [1.807, 2.05) is 0 Å². The second kappa shape index (κ2) is 20.7. The van der Waals surface area contributed by atoms with E-state index in [1.165, 1.54) is 44.9 Å². The van der Waals surface area contributed by atoms with Crippen LogP contribution in [0.4, 0.5) is 0 Å². The summed E-state index contributed by atoms with van der Waals surface area (Å²) in [5.74, 6) is -0.701. The molecule has 0 aromatic carbocycles. The first-order valence-corrected chi connectivity index (χ1v) is 10.1. The highest BCUT2D eigenvalue weighted by Gasteiger charge is 1.95. The van der Waals surface area contributed by atoms with Crippen molar-refractivity contribution in [2.75, 3.05) is 13.1 Å². The second-order valence-electron chi connectivity index (χ2n) is 6.45. The average molecular weight is 350 g/mol. The fourth-order valence-electron chi connectivity index (χ4n) is 2.54. The first-order chi connectivity index (χ1) is 12.3. The Labute approximate surface area is 155 Å². The lowest BCUT2D eigenvalue weighted by Crippen LogP contribution is -2.17. The van der Waals surface area contributed by atoms with Crippen LogP contribution in [0.5, 0.6) is 0 Å². The highest BCUT2D eigenvalue weighted by Crippen LogP contribution is 2.07. The molecule has 0 aromatic heterocycles. The van der Waals surface area contributed by atoms with E-state index in [0.717, 1.165) is 38.8 Å². The fourth-order valence-corrected chi connectivity index (χ4v) is 2.54. The third-order valence-electron chi connectivity index (χ3n) is 4.00.